The van der Waals surface area contributed by atoms with E-state index >= 15 is 0 Å². The molecule has 3 aromatic rings. The number of furan rings is 1. The van der Waals surface area contributed by atoms with Crippen LogP contribution in [-0.2, 0) is 0 Å². The zero-order valence-corrected chi connectivity index (χ0v) is 18.5. The molecule has 2 aromatic carbocycles. The fourth-order valence-corrected chi connectivity index (χ4v) is 4.08. The van der Waals surface area contributed by atoms with Crippen LogP contribution in [0.25, 0.3) is 0 Å². The zero-order valence-electron chi connectivity index (χ0n) is 16.9. The Morgan fingerprint density at radius 3 is 2.47 bits per heavy atom. The van der Waals surface area contributed by atoms with Crippen LogP contribution in [0, 0.1) is 18.3 Å². The Bertz CT molecular complexity index is 1280. The third kappa shape index (κ3) is 3.86. The molecule has 4 rings (SSSR count). The second-order valence-electron chi connectivity index (χ2n) is 6.94. The Morgan fingerprint density at radius 2 is 1.88 bits per heavy atom. The number of hydrogen-bond acceptors (Lipinski definition) is 7. The van der Waals surface area contributed by atoms with Crippen molar-refractivity contribution in [3.05, 3.63) is 86.6 Å². The minimum atomic E-state index is -0.674. The molecule has 0 saturated carbocycles. The number of ether oxygens (including phenoxy) is 3. The van der Waals surface area contributed by atoms with Gasteiger partial charge in [0.2, 0.25) is 5.88 Å². The molecule has 32 heavy (non-hydrogen) atoms. The molecule has 0 aliphatic carbocycles. The number of aryl methyl sites for hydroxylation is 1. The van der Waals surface area contributed by atoms with Gasteiger partial charge < -0.3 is 24.4 Å². The van der Waals surface area contributed by atoms with Crippen LogP contribution >= 0.6 is 23.2 Å². The van der Waals surface area contributed by atoms with Crippen molar-refractivity contribution in [3.63, 3.8) is 0 Å². The number of carbonyl (C=O) groups excluding carboxylic acids is 1. The maximum absolute atomic E-state index is 12.6. The first kappa shape index (κ1) is 21.6. The molecule has 162 valence electrons. The van der Waals surface area contributed by atoms with Gasteiger partial charge in [-0.1, -0.05) is 29.3 Å². The van der Waals surface area contributed by atoms with Crippen molar-refractivity contribution in [2.45, 2.75) is 12.8 Å². The van der Waals surface area contributed by atoms with Crippen molar-refractivity contribution < 1.29 is 23.4 Å². The fraction of sp³-hybridized carbons (Fsp3) is 0.130. The molecule has 2 heterocycles. The highest BCUT2D eigenvalue weighted by molar-refractivity contribution is 6.37. The molecule has 2 N–H and O–H groups in total. The van der Waals surface area contributed by atoms with E-state index in [0.29, 0.717) is 22.8 Å². The first-order valence-electron chi connectivity index (χ1n) is 9.35. The largest absolute Gasteiger partial charge is 0.494 e. The van der Waals surface area contributed by atoms with Gasteiger partial charge in [-0.2, -0.15) is 5.26 Å². The molecule has 7 nitrogen and oxygen atoms in total. The molecule has 0 spiro atoms. The predicted molar refractivity (Wildman–Crippen MR) is 117 cm³/mol. The van der Waals surface area contributed by atoms with E-state index in [1.165, 1.54) is 25.3 Å². The molecule has 0 bridgehead atoms. The van der Waals surface area contributed by atoms with Crippen LogP contribution < -0.4 is 19.9 Å². The van der Waals surface area contributed by atoms with Gasteiger partial charge in [0.05, 0.1) is 28.6 Å². The molecule has 9 heteroatoms. The third-order valence-corrected chi connectivity index (χ3v) is 5.45. The van der Waals surface area contributed by atoms with Crippen molar-refractivity contribution in [1.29, 1.82) is 5.26 Å². The van der Waals surface area contributed by atoms with E-state index in [2.05, 4.69) is 6.07 Å². The van der Waals surface area contributed by atoms with E-state index in [1.807, 2.05) is 6.92 Å². The number of esters is 1. The monoisotopic (exact) mass is 470 g/mol. The van der Waals surface area contributed by atoms with Gasteiger partial charge in [-0.25, -0.2) is 4.79 Å². The third-order valence-electron chi connectivity index (χ3n) is 4.88. The van der Waals surface area contributed by atoms with E-state index < -0.39 is 11.9 Å². The molecule has 1 aromatic heterocycles. The van der Waals surface area contributed by atoms with E-state index in [0.717, 1.165) is 0 Å². The van der Waals surface area contributed by atoms with E-state index in [4.69, 9.17) is 47.6 Å². The molecule has 0 amide bonds. The average molecular weight is 471 g/mol. The number of fused-ring (bicyclic) bond motifs is 1. The number of benzene rings is 2. The average Bonchev–Trinajstić information content (AvgIpc) is 3.18. The second kappa shape index (κ2) is 8.50. The summed E-state index contributed by atoms with van der Waals surface area (Å²) in [5.74, 6) is 0.812. The Kier molecular flexibility index (Phi) is 5.74. The Morgan fingerprint density at radius 1 is 1.16 bits per heavy atom. The zero-order chi connectivity index (χ0) is 23.0. The van der Waals surface area contributed by atoms with Crippen molar-refractivity contribution in [2.24, 2.45) is 5.73 Å². The van der Waals surface area contributed by atoms with Crippen LogP contribution in [0.2, 0.25) is 10.0 Å². The van der Waals surface area contributed by atoms with E-state index in [-0.39, 0.29) is 38.6 Å². The molecule has 0 radical (unpaired) electrons. The van der Waals surface area contributed by atoms with Gasteiger partial charge in [0.1, 0.15) is 34.7 Å². The summed E-state index contributed by atoms with van der Waals surface area (Å²) in [7, 11) is 1.42. The van der Waals surface area contributed by atoms with Crippen LogP contribution in [0.5, 0.6) is 17.2 Å². The summed E-state index contributed by atoms with van der Waals surface area (Å²) >= 11 is 12.2. The summed E-state index contributed by atoms with van der Waals surface area (Å²) in [6.45, 7) is 1.81. The van der Waals surface area contributed by atoms with Gasteiger partial charge in [0.15, 0.2) is 5.75 Å². The number of nitrogens with two attached hydrogens (primary N) is 1. The predicted octanol–water partition coefficient (Wildman–Crippen LogP) is 5.34. The lowest BCUT2D eigenvalue weighted by Crippen LogP contribution is -2.21. The van der Waals surface area contributed by atoms with Gasteiger partial charge >= 0.3 is 5.97 Å². The second-order valence-corrected chi connectivity index (χ2v) is 7.75. The standard InChI is InChI=1S/C23H16Cl2N2O5/c1-11-3-6-18(30-11)20-14-5-4-13(9-19(14)32-22(27)15(20)10-26)31-23(28)12-7-16(24)21(29-2)17(25)8-12/h3-9,20H,27H2,1-2H3. The molecule has 1 aliphatic heterocycles. The van der Waals surface area contributed by atoms with Crippen molar-refractivity contribution in [1.82, 2.24) is 0 Å². The Labute approximate surface area is 193 Å². The van der Waals surface area contributed by atoms with Crippen LogP contribution in [0.1, 0.15) is 33.4 Å². The Balaban J connectivity index is 1.66. The molecule has 1 atom stereocenters. The van der Waals surface area contributed by atoms with Gasteiger partial charge in [-0.3, -0.25) is 0 Å². The van der Waals surface area contributed by atoms with Gasteiger partial charge in [-0.05, 0) is 37.3 Å². The number of methoxy groups -OCH3 is 1. The summed E-state index contributed by atoms with van der Waals surface area (Å²) in [6.07, 6.45) is 0. The number of rotatable bonds is 4. The molecular weight excluding hydrogens is 455 g/mol. The molecule has 0 fully saturated rings. The van der Waals surface area contributed by atoms with Crippen LogP contribution in [0.15, 0.2) is 58.3 Å². The number of hydrogen-bond donors (Lipinski definition) is 1. The molecule has 1 unspecified atom stereocenters. The normalized spacial score (nSPS) is 14.9. The lowest BCUT2D eigenvalue weighted by molar-refractivity contribution is 0.0734. The van der Waals surface area contributed by atoms with Gasteiger partial charge in [0.25, 0.3) is 0 Å². The summed E-state index contributed by atoms with van der Waals surface area (Å²) in [5.41, 5.74) is 7.02. The summed E-state index contributed by atoms with van der Waals surface area (Å²) in [4.78, 5) is 12.6. The summed E-state index contributed by atoms with van der Waals surface area (Å²) in [5, 5.41) is 9.96. The highest BCUT2D eigenvalue weighted by Crippen LogP contribution is 2.44. The lowest BCUT2D eigenvalue weighted by Gasteiger charge is -2.25. The fourth-order valence-electron chi connectivity index (χ4n) is 3.44. The highest BCUT2D eigenvalue weighted by atomic mass is 35.5. The molecule has 1 aliphatic rings. The summed E-state index contributed by atoms with van der Waals surface area (Å²) in [6, 6.07) is 13.3. The number of halogens is 2. The SMILES string of the molecule is COc1c(Cl)cc(C(=O)Oc2ccc3c(c2)OC(N)=C(C#N)C3c2ccc(C)o2)cc1Cl. The number of nitriles is 1. The quantitative estimate of drug-likeness (QED) is 0.404. The minimum absolute atomic E-state index is 0.0451. The van der Waals surface area contributed by atoms with Gasteiger partial charge in [-0.15, -0.1) is 0 Å². The number of carbonyl (C=O) groups is 1. The van der Waals surface area contributed by atoms with E-state index in [1.54, 1.807) is 24.3 Å². The van der Waals surface area contributed by atoms with Crippen molar-refractivity contribution in [3.8, 4) is 23.3 Å². The van der Waals surface area contributed by atoms with Crippen LogP contribution in [0.4, 0.5) is 0 Å². The lowest BCUT2D eigenvalue weighted by atomic mass is 9.87. The smallest absolute Gasteiger partial charge is 0.343 e. The van der Waals surface area contributed by atoms with Crippen molar-refractivity contribution >= 4 is 29.2 Å². The van der Waals surface area contributed by atoms with Crippen LogP contribution in [0.3, 0.4) is 0 Å². The maximum Gasteiger partial charge on any atom is 0.343 e. The Hall–Kier alpha value is -3.60. The minimum Gasteiger partial charge on any atom is -0.494 e. The topological polar surface area (TPSA) is 108 Å². The maximum atomic E-state index is 12.6. The summed E-state index contributed by atoms with van der Waals surface area (Å²) < 4.78 is 21.9. The van der Waals surface area contributed by atoms with Crippen molar-refractivity contribution in [2.75, 3.05) is 7.11 Å². The van der Waals surface area contributed by atoms with E-state index in [9.17, 15) is 10.1 Å². The molecule has 0 saturated heterocycles. The first-order chi connectivity index (χ1) is 15.3. The number of allylic oxidation sites excluding steroid dienone is 1. The van der Waals surface area contributed by atoms with Crippen LogP contribution in [-0.4, -0.2) is 13.1 Å². The first-order valence-corrected chi connectivity index (χ1v) is 10.1. The number of nitrogens with zero attached hydrogens (tertiary/aromatic N) is 1. The highest BCUT2D eigenvalue weighted by Gasteiger charge is 2.33. The molecular formula is C23H16Cl2N2O5. The van der Waals surface area contributed by atoms with Gasteiger partial charge in [0, 0.05) is 11.6 Å².